The third kappa shape index (κ3) is 2.91. The van der Waals surface area contributed by atoms with Crippen LogP contribution in [-0.2, 0) is 9.53 Å². The number of nitrogens with zero attached hydrogens (tertiary/aromatic N) is 1. The first-order valence-electron chi connectivity index (χ1n) is 7.31. The second-order valence-electron chi connectivity index (χ2n) is 5.32. The van der Waals surface area contributed by atoms with Gasteiger partial charge >= 0.3 is 5.97 Å². The molecule has 4 heteroatoms. The molecule has 110 valence electrons. The number of methoxy groups -OCH3 is 1. The van der Waals surface area contributed by atoms with Gasteiger partial charge in [0.15, 0.2) is 0 Å². The van der Waals surface area contributed by atoms with Gasteiger partial charge in [0.1, 0.15) is 6.04 Å². The maximum atomic E-state index is 12.3. The van der Waals surface area contributed by atoms with Crippen molar-refractivity contribution >= 4 is 16.7 Å². The van der Waals surface area contributed by atoms with Crippen molar-refractivity contribution in [3.8, 4) is 0 Å². The lowest BCUT2D eigenvalue weighted by Crippen LogP contribution is -2.47. The molecule has 4 nitrogen and oxygen atoms in total. The van der Waals surface area contributed by atoms with Gasteiger partial charge in [-0.1, -0.05) is 36.4 Å². The first kappa shape index (κ1) is 14.0. The Labute approximate surface area is 124 Å². The van der Waals surface area contributed by atoms with Gasteiger partial charge in [0, 0.05) is 26.2 Å². The Morgan fingerprint density at radius 3 is 2.57 bits per heavy atom. The van der Waals surface area contributed by atoms with Crippen molar-refractivity contribution in [2.24, 2.45) is 0 Å². The van der Waals surface area contributed by atoms with Crippen LogP contribution < -0.4 is 5.32 Å². The summed E-state index contributed by atoms with van der Waals surface area (Å²) in [5.41, 5.74) is 1.00. The number of piperazine rings is 1. The standard InChI is InChI=1S/C17H20N2O2/c1-21-17(20)16(19-10-8-18-9-11-19)15-7-6-13-4-2-3-5-14(13)12-15/h2-7,12,16,18H,8-11H2,1H3. The van der Waals surface area contributed by atoms with E-state index in [0.29, 0.717) is 0 Å². The molecule has 1 aliphatic heterocycles. The molecule has 2 aromatic rings. The summed E-state index contributed by atoms with van der Waals surface area (Å²) in [6, 6.07) is 14.1. The van der Waals surface area contributed by atoms with Crippen LogP contribution in [0.1, 0.15) is 11.6 Å². The molecule has 0 bridgehead atoms. The first-order chi connectivity index (χ1) is 10.3. The van der Waals surface area contributed by atoms with E-state index in [1.54, 1.807) is 0 Å². The summed E-state index contributed by atoms with van der Waals surface area (Å²) in [4.78, 5) is 14.5. The lowest BCUT2D eigenvalue weighted by atomic mass is 10.00. The fourth-order valence-electron chi connectivity index (χ4n) is 2.93. The first-order valence-corrected chi connectivity index (χ1v) is 7.31. The second kappa shape index (κ2) is 6.24. The van der Waals surface area contributed by atoms with Gasteiger partial charge < -0.3 is 10.1 Å². The van der Waals surface area contributed by atoms with Crippen LogP contribution in [0, 0.1) is 0 Å². The van der Waals surface area contributed by atoms with E-state index in [2.05, 4.69) is 34.5 Å². The number of benzene rings is 2. The highest BCUT2D eigenvalue weighted by Gasteiger charge is 2.29. The van der Waals surface area contributed by atoms with Crippen molar-refractivity contribution in [3.63, 3.8) is 0 Å². The number of rotatable bonds is 3. The Morgan fingerprint density at radius 2 is 1.86 bits per heavy atom. The fourth-order valence-corrected chi connectivity index (χ4v) is 2.93. The predicted molar refractivity (Wildman–Crippen MR) is 83.1 cm³/mol. The van der Waals surface area contributed by atoms with Crippen LogP contribution in [0.15, 0.2) is 42.5 Å². The monoisotopic (exact) mass is 284 g/mol. The SMILES string of the molecule is COC(=O)C(c1ccc2ccccc2c1)N1CCNCC1. The minimum atomic E-state index is -0.318. The average Bonchev–Trinajstić information content (AvgIpc) is 2.56. The molecule has 0 amide bonds. The van der Waals surface area contributed by atoms with Crippen molar-refractivity contribution in [2.75, 3.05) is 33.3 Å². The van der Waals surface area contributed by atoms with Gasteiger partial charge in [0.25, 0.3) is 0 Å². The molecule has 1 atom stereocenters. The van der Waals surface area contributed by atoms with Crippen LogP contribution in [0.3, 0.4) is 0 Å². The highest BCUT2D eigenvalue weighted by molar-refractivity contribution is 5.85. The Kier molecular flexibility index (Phi) is 4.18. The van der Waals surface area contributed by atoms with Crippen LogP contribution >= 0.6 is 0 Å². The lowest BCUT2D eigenvalue weighted by molar-refractivity contribution is -0.147. The number of fused-ring (bicyclic) bond motifs is 1. The maximum Gasteiger partial charge on any atom is 0.327 e. The summed E-state index contributed by atoms with van der Waals surface area (Å²) in [5, 5.41) is 5.65. The van der Waals surface area contributed by atoms with Crippen molar-refractivity contribution in [2.45, 2.75) is 6.04 Å². The maximum absolute atomic E-state index is 12.3. The smallest absolute Gasteiger partial charge is 0.327 e. The van der Waals surface area contributed by atoms with Crippen molar-refractivity contribution < 1.29 is 9.53 Å². The number of hydrogen-bond acceptors (Lipinski definition) is 4. The molecule has 1 aliphatic rings. The lowest BCUT2D eigenvalue weighted by Gasteiger charge is -2.33. The highest BCUT2D eigenvalue weighted by Crippen LogP contribution is 2.26. The van der Waals surface area contributed by atoms with Crippen LogP contribution in [0.25, 0.3) is 10.8 Å². The molecular formula is C17H20N2O2. The Hall–Kier alpha value is -1.91. The minimum Gasteiger partial charge on any atom is -0.468 e. The van der Waals surface area contributed by atoms with Gasteiger partial charge in [0.05, 0.1) is 7.11 Å². The largest absolute Gasteiger partial charge is 0.468 e. The van der Waals surface area contributed by atoms with Crippen LogP contribution in [0.4, 0.5) is 0 Å². The average molecular weight is 284 g/mol. The minimum absolute atomic E-state index is 0.188. The molecule has 3 rings (SSSR count). The Bertz CT molecular complexity index is 635. The zero-order valence-corrected chi connectivity index (χ0v) is 12.2. The normalized spacial score (nSPS) is 17.6. The molecule has 21 heavy (non-hydrogen) atoms. The van der Waals surface area contributed by atoms with Gasteiger partial charge in [-0.3, -0.25) is 4.90 Å². The topological polar surface area (TPSA) is 41.6 Å². The van der Waals surface area contributed by atoms with E-state index in [0.717, 1.165) is 37.1 Å². The predicted octanol–water partition coefficient (Wildman–Crippen LogP) is 1.96. The van der Waals surface area contributed by atoms with E-state index < -0.39 is 0 Å². The van der Waals surface area contributed by atoms with E-state index in [4.69, 9.17) is 4.74 Å². The van der Waals surface area contributed by atoms with Gasteiger partial charge in [-0.2, -0.15) is 0 Å². The molecule has 0 spiro atoms. The summed E-state index contributed by atoms with van der Waals surface area (Å²) < 4.78 is 5.03. The molecule has 0 saturated carbocycles. The number of nitrogens with one attached hydrogen (secondary N) is 1. The van der Waals surface area contributed by atoms with E-state index in [1.165, 1.54) is 12.5 Å². The Balaban J connectivity index is 1.98. The quantitative estimate of drug-likeness (QED) is 0.875. The number of carbonyl (C=O) groups is 1. The third-order valence-electron chi connectivity index (χ3n) is 4.03. The number of ether oxygens (including phenoxy) is 1. The summed E-state index contributed by atoms with van der Waals surface area (Å²) in [6.45, 7) is 3.52. The third-order valence-corrected chi connectivity index (χ3v) is 4.03. The van der Waals surface area contributed by atoms with E-state index in [1.807, 2.05) is 18.2 Å². The zero-order valence-electron chi connectivity index (χ0n) is 12.2. The molecule has 0 radical (unpaired) electrons. The van der Waals surface area contributed by atoms with Crippen LogP contribution in [0.2, 0.25) is 0 Å². The summed E-state index contributed by atoms with van der Waals surface area (Å²) >= 11 is 0. The molecule has 1 heterocycles. The molecule has 0 aliphatic carbocycles. The van der Waals surface area contributed by atoms with Crippen LogP contribution in [0.5, 0.6) is 0 Å². The number of hydrogen-bond donors (Lipinski definition) is 1. The zero-order chi connectivity index (χ0) is 14.7. The van der Waals surface area contributed by atoms with Gasteiger partial charge in [-0.05, 0) is 22.4 Å². The van der Waals surface area contributed by atoms with E-state index >= 15 is 0 Å². The molecule has 1 saturated heterocycles. The van der Waals surface area contributed by atoms with Gasteiger partial charge in [0.2, 0.25) is 0 Å². The van der Waals surface area contributed by atoms with E-state index in [-0.39, 0.29) is 12.0 Å². The fraction of sp³-hybridized carbons (Fsp3) is 0.353. The molecule has 1 unspecified atom stereocenters. The summed E-state index contributed by atoms with van der Waals surface area (Å²) in [7, 11) is 1.46. The molecular weight excluding hydrogens is 264 g/mol. The molecule has 1 N–H and O–H groups in total. The van der Waals surface area contributed by atoms with Gasteiger partial charge in [-0.15, -0.1) is 0 Å². The van der Waals surface area contributed by atoms with E-state index in [9.17, 15) is 4.79 Å². The summed E-state index contributed by atoms with van der Waals surface area (Å²) in [5.74, 6) is -0.188. The number of esters is 1. The van der Waals surface area contributed by atoms with Crippen molar-refractivity contribution in [1.82, 2.24) is 10.2 Å². The second-order valence-corrected chi connectivity index (χ2v) is 5.32. The number of carbonyl (C=O) groups excluding carboxylic acids is 1. The van der Waals surface area contributed by atoms with Gasteiger partial charge in [-0.25, -0.2) is 4.79 Å². The van der Waals surface area contributed by atoms with Crippen molar-refractivity contribution in [1.29, 1.82) is 0 Å². The van der Waals surface area contributed by atoms with Crippen molar-refractivity contribution in [3.05, 3.63) is 48.0 Å². The molecule has 2 aromatic carbocycles. The summed E-state index contributed by atoms with van der Waals surface area (Å²) in [6.07, 6.45) is 0. The molecule has 1 fully saturated rings. The van der Waals surface area contributed by atoms with Crippen LogP contribution in [-0.4, -0.2) is 44.2 Å². The Morgan fingerprint density at radius 1 is 1.14 bits per heavy atom. The molecule has 0 aromatic heterocycles. The highest BCUT2D eigenvalue weighted by atomic mass is 16.5.